The Hall–Kier alpha value is -4.10. The van der Waals surface area contributed by atoms with Crippen molar-refractivity contribution in [2.24, 2.45) is 4.99 Å². The highest BCUT2D eigenvalue weighted by Crippen LogP contribution is 2.45. The van der Waals surface area contributed by atoms with Crippen LogP contribution in [0.25, 0.3) is 0 Å². The molecule has 0 N–H and O–H groups in total. The number of hydrogen-bond acceptors (Lipinski definition) is 6. The minimum Gasteiger partial charge on any atom is -0.493 e. The third-order valence-corrected chi connectivity index (χ3v) is 8.35. The Labute approximate surface area is 267 Å². The van der Waals surface area contributed by atoms with Gasteiger partial charge in [-0.1, -0.05) is 47.5 Å². The molecule has 0 aliphatic carbocycles. The quantitative estimate of drug-likeness (QED) is 0.336. The Balaban J connectivity index is 1.59. The van der Waals surface area contributed by atoms with E-state index in [-0.39, 0.29) is 11.9 Å². The molecule has 2 atom stereocenters. The fraction of sp³-hybridized carbons (Fsp3) is 0.333. The van der Waals surface area contributed by atoms with Gasteiger partial charge in [0.2, 0.25) is 5.91 Å². The number of likely N-dealkylation sites (N-methyl/N-ethyl adjacent to an activating group) is 1. The second-order valence-electron chi connectivity index (χ2n) is 10.9. The van der Waals surface area contributed by atoms with Gasteiger partial charge in [0.25, 0.3) is 0 Å². The first-order chi connectivity index (χ1) is 21.2. The molecular weight excluding hydrogens is 599 g/mol. The molecule has 1 saturated heterocycles. The first kappa shape index (κ1) is 31.3. The van der Waals surface area contributed by atoms with Gasteiger partial charge in [0.15, 0.2) is 0 Å². The fourth-order valence-corrected chi connectivity index (χ4v) is 5.74. The van der Waals surface area contributed by atoms with Crippen LogP contribution in [0.2, 0.25) is 10.0 Å². The zero-order valence-corrected chi connectivity index (χ0v) is 26.4. The van der Waals surface area contributed by atoms with E-state index >= 15 is 0 Å². The van der Waals surface area contributed by atoms with Gasteiger partial charge in [0.1, 0.15) is 17.6 Å². The highest BCUT2D eigenvalue weighted by Gasteiger charge is 2.45. The second kappa shape index (κ2) is 13.7. The minimum atomic E-state index is -0.505. The van der Waals surface area contributed by atoms with Crippen LogP contribution >= 0.6 is 23.2 Å². The van der Waals surface area contributed by atoms with Crippen molar-refractivity contribution in [3.8, 4) is 11.8 Å². The van der Waals surface area contributed by atoms with Crippen LogP contribution in [0, 0.1) is 11.3 Å². The number of aliphatic imine (C=N–C) groups is 1. The Morgan fingerprint density at radius 2 is 1.57 bits per heavy atom. The van der Waals surface area contributed by atoms with Crippen molar-refractivity contribution >= 4 is 41.0 Å². The van der Waals surface area contributed by atoms with E-state index in [0.29, 0.717) is 72.1 Å². The fourth-order valence-electron chi connectivity index (χ4n) is 5.49. The van der Waals surface area contributed by atoms with Gasteiger partial charge in [0, 0.05) is 50.3 Å². The number of benzene rings is 3. The lowest BCUT2D eigenvalue weighted by Gasteiger charge is -2.39. The van der Waals surface area contributed by atoms with Gasteiger partial charge in [0.05, 0.1) is 36.4 Å². The first-order valence-electron chi connectivity index (χ1n) is 14.5. The number of amides is 3. The summed E-state index contributed by atoms with van der Waals surface area (Å²) < 4.78 is 5.99. The molecule has 0 aromatic heterocycles. The summed E-state index contributed by atoms with van der Waals surface area (Å²) >= 11 is 12.5. The summed E-state index contributed by atoms with van der Waals surface area (Å²) in [6, 6.07) is 21.1. The summed E-state index contributed by atoms with van der Waals surface area (Å²) in [7, 11) is 3.48. The number of ether oxygens (including phenoxy) is 1. The highest BCUT2D eigenvalue weighted by atomic mass is 35.5. The number of halogens is 2. The number of piperazine rings is 1. The van der Waals surface area contributed by atoms with Crippen LogP contribution in [-0.2, 0) is 4.79 Å². The third kappa shape index (κ3) is 6.68. The van der Waals surface area contributed by atoms with Crippen LogP contribution in [0.4, 0.5) is 4.79 Å². The molecule has 2 aliphatic heterocycles. The number of amidine groups is 1. The molecule has 2 heterocycles. The van der Waals surface area contributed by atoms with Gasteiger partial charge in [-0.05, 0) is 60.5 Å². The van der Waals surface area contributed by atoms with Gasteiger partial charge in [-0.15, -0.1) is 0 Å². The van der Waals surface area contributed by atoms with Crippen LogP contribution in [0.15, 0.2) is 71.7 Å². The molecule has 0 bridgehead atoms. The summed E-state index contributed by atoms with van der Waals surface area (Å²) in [6.07, 6.45) is 0. The van der Waals surface area contributed by atoms with Crippen molar-refractivity contribution < 1.29 is 14.3 Å². The van der Waals surface area contributed by atoms with E-state index in [1.165, 1.54) is 0 Å². The summed E-state index contributed by atoms with van der Waals surface area (Å²) in [4.78, 5) is 39.3. The standard InChI is InChI=1S/C33H34Cl2N6O3/c1-4-44-28-19-22(20-36)5-14-27(28)32-37-30(23-6-10-25(34)11-7-23)31(24-8-12-26(35)13-9-24)41(32)33(43)40-17-15-39(16-18-40)21-29(42)38(2)3/h5-14,19,30-31H,4,15-18,21H2,1-3H3/t30-,31+/m0/s1. The molecule has 2 aliphatic rings. The van der Waals surface area contributed by atoms with Gasteiger partial charge >= 0.3 is 6.03 Å². The molecule has 5 rings (SSSR count). The smallest absolute Gasteiger partial charge is 0.326 e. The van der Waals surface area contributed by atoms with E-state index < -0.39 is 12.1 Å². The zero-order valence-electron chi connectivity index (χ0n) is 24.9. The zero-order chi connectivity index (χ0) is 31.4. The molecule has 3 aromatic rings. The van der Waals surface area contributed by atoms with Crippen LogP contribution < -0.4 is 4.74 Å². The van der Waals surface area contributed by atoms with Gasteiger partial charge in [-0.2, -0.15) is 5.26 Å². The Morgan fingerprint density at radius 3 is 2.14 bits per heavy atom. The molecule has 11 heteroatoms. The van der Waals surface area contributed by atoms with E-state index in [4.69, 9.17) is 32.9 Å². The molecule has 0 spiro atoms. The van der Waals surface area contributed by atoms with E-state index in [1.54, 1.807) is 42.1 Å². The molecule has 0 saturated carbocycles. The number of hydrogen-bond donors (Lipinski definition) is 0. The number of carbonyl (C=O) groups is 2. The maximum atomic E-state index is 14.6. The van der Waals surface area contributed by atoms with Crippen LogP contribution in [0.3, 0.4) is 0 Å². The van der Waals surface area contributed by atoms with Gasteiger partial charge < -0.3 is 14.5 Å². The number of urea groups is 1. The first-order valence-corrected chi connectivity index (χ1v) is 15.2. The summed E-state index contributed by atoms with van der Waals surface area (Å²) in [6.45, 7) is 4.59. The lowest BCUT2D eigenvalue weighted by molar-refractivity contribution is -0.130. The number of rotatable bonds is 7. The Bertz CT molecular complexity index is 1580. The largest absolute Gasteiger partial charge is 0.493 e. The molecule has 3 amide bonds. The van der Waals surface area contributed by atoms with Crippen molar-refractivity contribution in [2.75, 3.05) is 53.4 Å². The summed E-state index contributed by atoms with van der Waals surface area (Å²) in [5.41, 5.74) is 2.81. The third-order valence-electron chi connectivity index (χ3n) is 7.85. The predicted molar refractivity (Wildman–Crippen MR) is 171 cm³/mol. The maximum Gasteiger partial charge on any atom is 0.326 e. The average Bonchev–Trinajstić information content (AvgIpc) is 3.42. The van der Waals surface area contributed by atoms with Crippen molar-refractivity contribution in [1.29, 1.82) is 5.26 Å². The minimum absolute atomic E-state index is 0.0246. The van der Waals surface area contributed by atoms with Gasteiger partial charge in [-0.3, -0.25) is 19.6 Å². The topological polar surface area (TPSA) is 92.5 Å². The van der Waals surface area contributed by atoms with Crippen LogP contribution in [0.1, 0.15) is 41.3 Å². The molecule has 228 valence electrons. The summed E-state index contributed by atoms with van der Waals surface area (Å²) in [5, 5.41) is 10.8. The SMILES string of the molecule is CCOc1cc(C#N)ccc1C1=N[C@@H](c2ccc(Cl)cc2)[C@@H](c2ccc(Cl)cc2)N1C(=O)N1CCN(CC(=O)N(C)C)CC1. The Morgan fingerprint density at radius 1 is 0.955 bits per heavy atom. The van der Waals surface area contributed by atoms with Gasteiger partial charge in [-0.25, -0.2) is 4.79 Å². The van der Waals surface area contributed by atoms with Crippen molar-refractivity contribution in [3.63, 3.8) is 0 Å². The Kier molecular flexibility index (Phi) is 9.74. The predicted octanol–water partition coefficient (Wildman–Crippen LogP) is 5.63. The highest BCUT2D eigenvalue weighted by molar-refractivity contribution is 6.30. The lowest BCUT2D eigenvalue weighted by atomic mass is 9.93. The summed E-state index contributed by atoms with van der Waals surface area (Å²) in [5.74, 6) is 0.950. The van der Waals surface area contributed by atoms with E-state index in [0.717, 1.165) is 11.1 Å². The second-order valence-corrected chi connectivity index (χ2v) is 11.8. The molecule has 0 radical (unpaired) electrons. The number of nitrogens with zero attached hydrogens (tertiary/aromatic N) is 6. The van der Waals surface area contributed by atoms with E-state index in [1.807, 2.05) is 60.4 Å². The van der Waals surface area contributed by atoms with E-state index in [2.05, 4.69) is 11.0 Å². The molecule has 9 nitrogen and oxygen atoms in total. The van der Waals surface area contributed by atoms with Crippen LogP contribution in [0.5, 0.6) is 5.75 Å². The van der Waals surface area contributed by atoms with Crippen molar-refractivity contribution in [1.82, 2.24) is 19.6 Å². The average molecular weight is 634 g/mol. The van der Waals surface area contributed by atoms with Crippen LogP contribution in [-0.4, -0.2) is 90.8 Å². The monoisotopic (exact) mass is 632 g/mol. The lowest BCUT2D eigenvalue weighted by Crippen LogP contribution is -2.55. The van der Waals surface area contributed by atoms with Crippen molar-refractivity contribution in [3.05, 3.63) is 99.0 Å². The molecule has 0 unspecified atom stereocenters. The molecule has 3 aromatic carbocycles. The molecular formula is C33H34Cl2N6O3. The van der Waals surface area contributed by atoms with E-state index in [9.17, 15) is 14.9 Å². The molecule has 44 heavy (non-hydrogen) atoms. The maximum absolute atomic E-state index is 14.6. The molecule has 1 fully saturated rings. The van der Waals surface area contributed by atoms with Crippen molar-refractivity contribution in [2.45, 2.75) is 19.0 Å². The number of nitriles is 1. The number of carbonyl (C=O) groups excluding carboxylic acids is 2. The normalized spacial score (nSPS) is 18.5.